The van der Waals surface area contributed by atoms with Gasteiger partial charge in [-0.05, 0) is 61.0 Å². The van der Waals surface area contributed by atoms with E-state index in [4.69, 9.17) is 23.7 Å². The predicted octanol–water partition coefficient (Wildman–Crippen LogP) is 3.86. The van der Waals surface area contributed by atoms with Crippen molar-refractivity contribution in [3.8, 4) is 5.69 Å². The molecule has 17 nitrogen and oxygen atoms in total. The molecule has 5 aromatic rings. The topological polar surface area (TPSA) is 194 Å². The number of nitrogens with one attached hydrogen (secondary N) is 3. The Hall–Kier alpha value is -6.19. The largest absolute Gasteiger partial charge is 0.416 e. The van der Waals surface area contributed by atoms with Gasteiger partial charge in [0.15, 0.2) is 5.65 Å². The van der Waals surface area contributed by atoms with E-state index >= 15 is 0 Å². The minimum Gasteiger partial charge on any atom is -0.382 e. The lowest BCUT2D eigenvalue weighted by atomic mass is 10.0. The molecular formula is C43H46F3N7O10. The number of rotatable bonds is 22. The first kappa shape index (κ1) is 44.9. The molecule has 334 valence electrons. The standard InChI is InChI=1S/C43H46F3N7O10/c1-51-26-32-31-25-27(5-10-34(31)52(38(32)50-51)29-8-6-28(7-9-29)43(44,45)46)39(55)48-14-16-60-18-20-62-22-24-63-23-21-61-19-17-59-15-13-47-33-4-2-3-30-37(33)42(58)53(41(30)57)35-11-12-36(54)49-40(35)56/h2-10,25-26,35,47H,11-24H2,1H3,(H,48,55)(H,49,54,56). The van der Waals surface area contributed by atoms with E-state index in [1.54, 1.807) is 52.8 Å². The molecule has 2 aromatic heterocycles. The van der Waals surface area contributed by atoms with Crippen LogP contribution >= 0.6 is 0 Å². The van der Waals surface area contributed by atoms with Crippen LogP contribution in [-0.4, -0.2) is 134 Å². The lowest BCUT2D eigenvalue weighted by Gasteiger charge is -2.27. The second kappa shape index (κ2) is 20.3. The Kier molecular flexibility index (Phi) is 14.5. The van der Waals surface area contributed by atoms with Crippen LogP contribution < -0.4 is 16.0 Å². The summed E-state index contributed by atoms with van der Waals surface area (Å²) in [6, 6.07) is 13.9. The molecule has 2 aliphatic rings. The van der Waals surface area contributed by atoms with E-state index < -0.39 is 41.4 Å². The van der Waals surface area contributed by atoms with Gasteiger partial charge >= 0.3 is 6.18 Å². The van der Waals surface area contributed by atoms with Crippen LogP contribution in [0.1, 0.15) is 49.5 Å². The van der Waals surface area contributed by atoms with E-state index in [1.165, 1.54) is 18.2 Å². The maximum atomic E-state index is 13.2. The van der Waals surface area contributed by atoms with Crippen molar-refractivity contribution in [2.45, 2.75) is 25.1 Å². The highest BCUT2D eigenvalue weighted by atomic mass is 19.4. The summed E-state index contributed by atoms with van der Waals surface area (Å²) < 4.78 is 70.6. The Morgan fingerprint density at radius 3 is 2.06 bits per heavy atom. The van der Waals surface area contributed by atoms with Gasteiger partial charge in [0.2, 0.25) is 11.8 Å². The lowest BCUT2D eigenvalue weighted by molar-refractivity contribution is -0.138. The van der Waals surface area contributed by atoms with Crippen molar-refractivity contribution >= 4 is 57.2 Å². The van der Waals surface area contributed by atoms with Gasteiger partial charge in [-0.1, -0.05) is 6.07 Å². The van der Waals surface area contributed by atoms with E-state index in [2.05, 4.69) is 21.0 Å². The second-order valence-corrected chi connectivity index (χ2v) is 14.6. The number of aromatic nitrogens is 3. The van der Waals surface area contributed by atoms with Crippen molar-refractivity contribution in [2.24, 2.45) is 7.05 Å². The molecule has 3 N–H and O–H groups in total. The number of benzene rings is 3. The highest BCUT2D eigenvalue weighted by Crippen LogP contribution is 2.35. The van der Waals surface area contributed by atoms with Gasteiger partial charge < -0.3 is 34.3 Å². The molecule has 2 aliphatic heterocycles. The molecule has 0 aliphatic carbocycles. The molecule has 1 atom stereocenters. The zero-order valence-corrected chi connectivity index (χ0v) is 34.3. The average molecular weight is 878 g/mol. The third-order valence-corrected chi connectivity index (χ3v) is 10.3. The SMILES string of the molecule is Cn1cc2c3cc(C(=O)NCCOCCOCCOCCOCCOCCNc4cccc5c4C(=O)N(C4CCC(=O)NC4=O)C5=O)ccc3n(-c3ccc(C(F)(F)F)cc3)c2n1. The van der Waals surface area contributed by atoms with Gasteiger partial charge in [0.05, 0.1) is 88.3 Å². The molecule has 0 saturated carbocycles. The van der Waals surface area contributed by atoms with Crippen LogP contribution in [0.4, 0.5) is 18.9 Å². The smallest absolute Gasteiger partial charge is 0.382 e. The number of aryl methyl sites for hydroxylation is 1. The van der Waals surface area contributed by atoms with E-state index in [9.17, 15) is 37.1 Å². The maximum Gasteiger partial charge on any atom is 0.416 e. The first-order valence-electron chi connectivity index (χ1n) is 20.3. The van der Waals surface area contributed by atoms with Crippen LogP contribution in [0.25, 0.3) is 27.6 Å². The summed E-state index contributed by atoms with van der Waals surface area (Å²) in [6.07, 6.45) is -2.51. The fourth-order valence-corrected chi connectivity index (χ4v) is 7.34. The number of piperidine rings is 1. The Bertz CT molecular complexity index is 2470. The van der Waals surface area contributed by atoms with Crippen molar-refractivity contribution in [3.05, 3.63) is 89.1 Å². The number of amides is 5. The van der Waals surface area contributed by atoms with Crippen LogP contribution in [0.15, 0.2) is 66.9 Å². The Balaban J connectivity index is 0.701. The first-order valence-corrected chi connectivity index (χ1v) is 20.3. The van der Waals surface area contributed by atoms with Crippen molar-refractivity contribution < 1.29 is 60.8 Å². The molecular weight excluding hydrogens is 832 g/mol. The fourth-order valence-electron chi connectivity index (χ4n) is 7.34. The Morgan fingerprint density at radius 1 is 0.794 bits per heavy atom. The molecule has 1 fully saturated rings. The molecule has 0 spiro atoms. The van der Waals surface area contributed by atoms with Crippen LogP contribution in [0.2, 0.25) is 0 Å². The van der Waals surface area contributed by atoms with E-state index in [1.807, 2.05) is 0 Å². The van der Waals surface area contributed by atoms with Gasteiger partial charge in [0.1, 0.15) is 6.04 Å². The quantitative estimate of drug-likeness (QED) is 0.0673. The number of hydrogen-bond acceptors (Lipinski definition) is 12. The van der Waals surface area contributed by atoms with Gasteiger partial charge in [-0.25, -0.2) is 0 Å². The summed E-state index contributed by atoms with van der Waals surface area (Å²) in [6.45, 7) is 4.02. The maximum absolute atomic E-state index is 13.2. The Morgan fingerprint density at radius 2 is 1.43 bits per heavy atom. The number of nitrogens with zero attached hydrogens (tertiary/aromatic N) is 4. The minimum absolute atomic E-state index is 0.0476. The van der Waals surface area contributed by atoms with E-state index in [-0.39, 0.29) is 43.0 Å². The number of ether oxygens (including phenoxy) is 5. The number of imide groups is 2. The number of halogens is 3. The average Bonchev–Trinajstić information content (AvgIpc) is 3.87. The summed E-state index contributed by atoms with van der Waals surface area (Å²) in [7, 11) is 1.75. The molecule has 1 unspecified atom stereocenters. The molecule has 5 amide bonds. The summed E-state index contributed by atoms with van der Waals surface area (Å²) in [5.74, 6) is -2.54. The zero-order chi connectivity index (χ0) is 44.5. The number of anilines is 1. The lowest BCUT2D eigenvalue weighted by Crippen LogP contribution is -2.54. The molecule has 20 heteroatoms. The highest BCUT2D eigenvalue weighted by Gasteiger charge is 2.45. The van der Waals surface area contributed by atoms with Gasteiger partial charge in [0.25, 0.3) is 17.7 Å². The number of carbonyl (C=O) groups is 5. The number of hydrogen-bond donors (Lipinski definition) is 3. The first-order chi connectivity index (χ1) is 30.4. The summed E-state index contributed by atoms with van der Waals surface area (Å²) in [5, 5.41) is 14.2. The van der Waals surface area contributed by atoms with Crippen molar-refractivity contribution in [3.63, 3.8) is 0 Å². The molecule has 4 heterocycles. The molecule has 7 rings (SSSR count). The second-order valence-electron chi connectivity index (χ2n) is 14.6. The number of alkyl halides is 3. The van der Waals surface area contributed by atoms with Gasteiger partial charge in [-0.3, -0.25) is 43.4 Å². The van der Waals surface area contributed by atoms with E-state index in [0.717, 1.165) is 27.8 Å². The summed E-state index contributed by atoms with van der Waals surface area (Å²) >= 11 is 0. The normalized spacial score (nSPS) is 15.4. The predicted molar refractivity (Wildman–Crippen MR) is 221 cm³/mol. The summed E-state index contributed by atoms with van der Waals surface area (Å²) in [5.41, 5.74) is 2.29. The number of carbonyl (C=O) groups excluding carboxylic acids is 5. The highest BCUT2D eigenvalue weighted by molar-refractivity contribution is 6.25. The summed E-state index contributed by atoms with van der Waals surface area (Å²) in [4.78, 5) is 63.9. The molecule has 3 aromatic carbocycles. The van der Waals surface area contributed by atoms with Crippen molar-refractivity contribution in [1.82, 2.24) is 29.9 Å². The van der Waals surface area contributed by atoms with E-state index in [0.29, 0.717) is 94.1 Å². The van der Waals surface area contributed by atoms with Crippen LogP contribution in [0.5, 0.6) is 0 Å². The third-order valence-electron chi connectivity index (χ3n) is 10.3. The Labute approximate surface area is 358 Å². The van der Waals surface area contributed by atoms with Crippen LogP contribution in [0.3, 0.4) is 0 Å². The molecule has 0 bridgehead atoms. The van der Waals surface area contributed by atoms with Gasteiger partial charge in [-0.15, -0.1) is 0 Å². The van der Waals surface area contributed by atoms with Crippen LogP contribution in [-0.2, 0) is 46.5 Å². The van der Waals surface area contributed by atoms with Crippen molar-refractivity contribution in [2.75, 3.05) is 84.5 Å². The minimum atomic E-state index is -4.45. The van der Waals surface area contributed by atoms with Crippen LogP contribution in [0, 0.1) is 0 Å². The van der Waals surface area contributed by atoms with Gasteiger partial charge in [0, 0.05) is 60.5 Å². The fraction of sp³-hybridized carbons (Fsp3) is 0.395. The molecule has 1 saturated heterocycles. The molecule has 63 heavy (non-hydrogen) atoms. The number of fused-ring (bicyclic) bond motifs is 4. The van der Waals surface area contributed by atoms with Crippen molar-refractivity contribution in [1.29, 1.82) is 0 Å². The third kappa shape index (κ3) is 10.5. The van der Waals surface area contributed by atoms with Gasteiger partial charge in [-0.2, -0.15) is 18.3 Å². The monoisotopic (exact) mass is 877 g/mol. The zero-order valence-electron chi connectivity index (χ0n) is 34.3. The molecule has 0 radical (unpaired) electrons.